The number of carbonyl (C=O) groups excluding carboxylic acids is 1. The molecule has 1 aromatic rings. The molecule has 2 heterocycles. The van der Waals surface area contributed by atoms with Gasteiger partial charge in [0.2, 0.25) is 15.9 Å². The molecule has 0 N–H and O–H groups in total. The van der Waals surface area contributed by atoms with E-state index in [4.69, 9.17) is 0 Å². The number of sulfonamides is 1. The number of amides is 1. The van der Waals surface area contributed by atoms with Gasteiger partial charge in [0.05, 0.1) is 18.0 Å². The van der Waals surface area contributed by atoms with E-state index >= 15 is 0 Å². The summed E-state index contributed by atoms with van der Waals surface area (Å²) < 4.78 is 25.9. The molecule has 0 bridgehead atoms. The summed E-state index contributed by atoms with van der Waals surface area (Å²) in [5.41, 5.74) is 0.756. The van der Waals surface area contributed by atoms with Gasteiger partial charge < -0.3 is 4.90 Å². The van der Waals surface area contributed by atoms with Gasteiger partial charge in [-0.2, -0.15) is 0 Å². The zero-order valence-corrected chi connectivity index (χ0v) is 13.1. The number of nitrogens with zero attached hydrogens (tertiary/aromatic N) is 3. The Hall–Kier alpha value is -1.47. The molecule has 0 aromatic carbocycles. The first-order valence-corrected chi connectivity index (χ1v) is 8.73. The van der Waals surface area contributed by atoms with Crippen LogP contribution in [0.1, 0.15) is 25.5 Å². The van der Waals surface area contributed by atoms with Crippen LogP contribution in [-0.2, 0) is 21.4 Å². The van der Waals surface area contributed by atoms with Crippen molar-refractivity contribution in [1.29, 1.82) is 0 Å². The van der Waals surface area contributed by atoms with Gasteiger partial charge in [-0.1, -0.05) is 6.07 Å². The van der Waals surface area contributed by atoms with Crippen LogP contribution in [0.15, 0.2) is 24.4 Å². The van der Waals surface area contributed by atoms with Crippen LogP contribution in [0.5, 0.6) is 0 Å². The van der Waals surface area contributed by atoms with Crippen molar-refractivity contribution in [1.82, 2.24) is 14.2 Å². The second-order valence-corrected chi connectivity index (χ2v) is 7.27. The lowest BCUT2D eigenvalue weighted by molar-refractivity contribution is -0.129. The van der Waals surface area contributed by atoms with Gasteiger partial charge in [0.15, 0.2) is 0 Å². The molecule has 1 saturated heterocycles. The van der Waals surface area contributed by atoms with Crippen molar-refractivity contribution in [2.45, 2.75) is 26.3 Å². The summed E-state index contributed by atoms with van der Waals surface area (Å²) in [6.45, 7) is 3.19. The molecule has 0 spiro atoms. The standard InChI is InChI=1S/C14H21N3O3S/c1-13(18)16(12-14-6-2-3-7-15-14)10-11-21(19,20)17-8-4-5-9-17/h2-3,6-7H,4-5,8-12H2,1H3. The molecule has 6 nitrogen and oxygen atoms in total. The van der Waals surface area contributed by atoms with E-state index in [9.17, 15) is 13.2 Å². The van der Waals surface area contributed by atoms with Gasteiger partial charge in [0.1, 0.15) is 0 Å². The fourth-order valence-electron chi connectivity index (χ4n) is 2.36. The lowest BCUT2D eigenvalue weighted by Gasteiger charge is -2.22. The van der Waals surface area contributed by atoms with Gasteiger partial charge in [0, 0.05) is 32.8 Å². The average molecular weight is 311 g/mol. The smallest absolute Gasteiger partial charge is 0.219 e. The maximum absolute atomic E-state index is 12.2. The van der Waals surface area contributed by atoms with Crippen LogP contribution in [0.4, 0.5) is 0 Å². The lowest BCUT2D eigenvalue weighted by Crippen LogP contribution is -2.38. The molecule has 0 unspecified atom stereocenters. The van der Waals surface area contributed by atoms with Crippen LogP contribution in [-0.4, -0.2) is 53.9 Å². The summed E-state index contributed by atoms with van der Waals surface area (Å²) in [5.74, 6) is -0.170. The first-order chi connectivity index (χ1) is 9.99. The van der Waals surface area contributed by atoms with Crippen LogP contribution in [0.2, 0.25) is 0 Å². The highest BCUT2D eigenvalue weighted by atomic mass is 32.2. The average Bonchev–Trinajstić information content (AvgIpc) is 2.99. The van der Waals surface area contributed by atoms with Crippen LogP contribution in [0.3, 0.4) is 0 Å². The minimum absolute atomic E-state index is 0.0284. The number of aromatic nitrogens is 1. The zero-order valence-electron chi connectivity index (χ0n) is 12.2. The van der Waals surface area contributed by atoms with Gasteiger partial charge >= 0.3 is 0 Å². The van der Waals surface area contributed by atoms with Gasteiger partial charge in [-0.15, -0.1) is 0 Å². The van der Waals surface area contributed by atoms with Crippen molar-refractivity contribution >= 4 is 15.9 Å². The molecule has 1 aromatic heterocycles. The number of hydrogen-bond donors (Lipinski definition) is 0. The van der Waals surface area contributed by atoms with Crippen molar-refractivity contribution in [2.24, 2.45) is 0 Å². The molecular formula is C14H21N3O3S. The molecule has 21 heavy (non-hydrogen) atoms. The van der Waals surface area contributed by atoms with Crippen LogP contribution < -0.4 is 0 Å². The first kappa shape index (κ1) is 15.9. The number of rotatable bonds is 6. The van der Waals surface area contributed by atoms with Gasteiger partial charge in [-0.25, -0.2) is 12.7 Å². The second kappa shape index (κ2) is 7.00. The van der Waals surface area contributed by atoms with E-state index in [1.54, 1.807) is 12.3 Å². The van der Waals surface area contributed by atoms with E-state index in [0.29, 0.717) is 19.6 Å². The predicted molar refractivity (Wildman–Crippen MR) is 79.9 cm³/mol. The van der Waals surface area contributed by atoms with E-state index < -0.39 is 10.0 Å². The number of carbonyl (C=O) groups is 1. The Morgan fingerprint density at radius 1 is 1.33 bits per heavy atom. The largest absolute Gasteiger partial charge is 0.336 e. The summed E-state index contributed by atoms with van der Waals surface area (Å²) in [6, 6.07) is 5.48. The molecule has 7 heteroatoms. The van der Waals surface area contributed by atoms with Gasteiger partial charge in [-0.05, 0) is 25.0 Å². The lowest BCUT2D eigenvalue weighted by atomic mass is 10.3. The Morgan fingerprint density at radius 3 is 2.62 bits per heavy atom. The minimum Gasteiger partial charge on any atom is -0.336 e. The van der Waals surface area contributed by atoms with E-state index in [-0.39, 0.29) is 18.2 Å². The number of pyridine rings is 1. The van der Waals surface area contributed by atoms with Gasteiger partial charge in [-0.3, -0.25) is 9.78 Å². The molecule has 1 aliphatic rings. The molecule has 2 rings (SSSR count). The Labute approximate surface area is 125 Å². The van der Waals surface area contributed by atoms with Crippen molar-refractivity contribution in [3.05, 3.63) is 30.1 Å². The van der Waals surface area contributed by atoms with Crippen molar-refractivity contribution in [2.75, 3.05) is 25.4 Å². The van der Waals surface area contributed by atoms with Crippen LogP contribution in [0, 0.1) is 0 Å². The molecule has 1 fully saturated rings. The fourth-order valence-corrected chi connectivity index (χ4v) is 3.88. The maximum Gasteiger partial charge on any atom is 0.219 e. The van der Waals surface area contributed by atoms with E-state index in [2.05, 4.69) is 4.98 Å². The fraction of sp³-hybridized carbons (Fsp3) is 0.571. The van der Waals surface area contributed by atoms with E-state index in [1.807, 2.05) is 12.1 Å². The van der Waals surface area contributed by atoms with Crippen molar-refractivity contribution < 1.29 is 13.2 Å². The highest BCUT2D eigenvalue weighted by Crippen LogP contribution is 2.13. The molecule has 1 amide bonds. The highest BCUT2D eigenvalue weighted by molar-refractivity contribution is 7.89. The van der Waals surface area contributed by atoms with Crippen LogP contribution in [0.25, 0.3) is 0 Å². The summed E-state index contributed by atoms with van der Waals surface area (Å²) in [6.07, 6.45) is 3.50. The Balaban J connectivity index is 1.95. The third-order valence-corrected chi connectivity index (χ3v) is 5.45. The molecular weight excluding hydrogens is 290 g/mol. The highest BCUT2D eigenvalue weighted by Gasteiger charge is 2.26. The third-order valence-electron chi connectivity index (χ3n) is 3.60. The monoisotopic (exact) mass is 311 g/mol. The molecule has 0 saturated carbocycles. The normalized spacial score (nSPS) is 16.0. The summed E-state index contributed by atoms with van der Waals surface area (Å²) in [7, 11) is -3.26. The Kier molecular flexibility index (Phi) is 5.30. The number of hydrogen-bond acceptors (Lipinski definition) is 4. The van der Waals surface area contributed by atoms with E-state index in [0.717, 1.165) is 18.5 Å². The minimum atomic E-state index is -3.26. The van der Waals surface area contributed by atoms with Crippen molar-refractivity contribution in [3.8, 4) is 0 Å². The zero-order chi connectivity index (χ0) is 15.3. The van der Waals surface area contributed by atoms with Gasteiger partial charge in [0.25, 0.3) is 0 Å². The molecule has 0 radical (unpaired) electrons. The van der Waals surface area contributed by atoms with Crippen LogP contribution >= 0.6 is 0 Å². The summed E-state index contributed by atoms with van der Waals surface area (Å²) in [4.78, 5) is 17.4. The quantitative estimate of drug-likeness (QED) is 0.781. The summed E-state index contributed by atoms with van der Waals surface area (Å²) in [5, 5.41) is 0. The Morgan fingerprint density at radius 2 is 2.05 bits per heavy atom. The third kappa shape index (κ3) is 4.50. The summed E-state index contributed by atoms with van der Waals surface area (Å²) >= 11 is 0. The predicted octanol–water partition coefficient (Wildman–Crippen LogP) is 0.856. The second-order valence-electron chi connectivity index (χ2n) is 5.18. The topological polar surface area (TPSA) is 70.6 Å². The first-order valence-electron chi connectivity index (χ1n) is 7.12. The molecule has 0 atom stereocenters. The maximum atomic E-state index is 12.2. The molecule has 0 aliphatic carbocycles. The van der Waals surface area contributed by atoms with Crippen molar-refractivity contribution in [3.63, 3.8) is 0 Å². The molecule has 116 valence electrons. The van der Waals surface area contributed by atoms with E-state index in [1.165, 1.54) is 16.1 Å². The molecule has 1 aliphatic heterocycles. The SMILES string of the molecule is CC(=O)N(CCS(=O)(=O)N1CCCC1)Cc1ccccn1. The Bertz CT molecular complexity index is 568.